The van der Waals surface area contributed by atoms with Gasteiger partial charge in [0.25, 0.3) is 5.91 Å². The van der Waals surface area contributed by atoms with E-state index in [1.165, 1.54) is 18.4 Å². The maximum Gasteiger partial charge on any atom is 0.255 e. The van der Waals surface area contributed by atoms with Crippen LogP contribution in [0.5, 0.6) is 0 Å². The van der Waals surface area contributed by atoms with Gasteiger partial charge in [0, 0.05) is 31.9 Å². The molecule has 0 saturated carbocycles. The van der Waals surface area contributed by atoms with Crippen molar-refractivity contribution in [3.05, 3.63) is 52.8 Å². The Morgan fingerprint density at radius 2 is 2.00 bits per heavy atom. The van der Waals surface area contributed by atoms with Gasteiger partial charge in [0.2, 0.25) is 0 Å². The molecule has 1 aliphatic heterocycles. The highest BCUT2D eigenvalue weighted by Crippen LogP contribution is 2.19. The smallest absolute Gasteiger partial charge is 0.255 e. The fourth-order valence-corrected chi connectivity index (χ4v) is 3.72. The molecule has 0 aliphatic carbocycles. The molecular formula is C20H28N4O. The summed E-state index contributed by atoms with van der Waals surface area (Å²) in [6.07, 6.45) is 3.60. The molecule has 1 fully saturated rings. The van der Waals surface area contributed by atoms with Crippen molar-refractivity contribution >= 4 is 5.91 Å². The molecule has 1 aliphatic rings. The second-order valence-corrected chi connectivity index (χ2v) is 6.99. The largest absolute Gasteiger partial charge is 0.350 e. The van der Waals surface area contributed by atoms with Gasteiger partial charge >= 0.3 is 0 Å². The van der Waals surface area contributed by atoms with Crippen molar-refractivity contribution in [1.29, 1.82) is 0 Å². The molecule has 1 atom stereocenters. The summed E-state index contributed by atoms with van der Waals surface area (Å²) in [4.78, 5) is 15.1. The van der Waals surface area contributed by atoms with Gasteiger partial charge in [0.1, 0.15) is 0 Å². The van der Waals surface area contributed by atoms with Crippen LogP contribution in [-0.2, 0) is 13.6 Å². The third-order valence-corrected chi connectivity index (χ3v) is 5.21. The van der Waals surface area contributed by atoms with Crippen LogP contribution in [0.4, 0.5) is 0 Å². The van der Waals surface area contributed by atoms with Gasteiger partial charge in [0.15, 0.2) is 0 Å². The fourth-order valence-electron chi connectivity index (χ4n) is 3.72. The van der Waals surface area contributed by atoms with Crippen molar-refractivity contribution in [1.82, 2.24) is 20.0 Å². The number of hydrogen-bond acceptors (Lipinski definition) is 3. The average Bonchev–Trinajstić information content (AvgIpc) is 2.87. The van der Waals surface area contributed by atoms with Crippen LogP contribution in [-0.4, -0.2) is 39.7 Å². The average molecular weight is 340 g/mol. The van der Waals surface area contributed by atoms with Gasteiger partial charge in [0.05, 0.1) is 11.3 Å². The molecule has 0 bridgehead atoms. The number of nitrogens with one attached hydrogen (secondary N) is 1. The topological polar surface area (TPSA) is 50.2 Å². The van der Waals surface area contributed by atoms with E-state index in [1.807, 2.05) is 20.9 Å². The van der Waals surface area contributed by atoms with Crippen molar-refractivity contribution in [2.45, 2.75) is 45.7 Å². The molecule has 2 heterocycles. The minimum absolute atomic E-state index is 0.00617. The van der Waals surface area contributed by atoms with E-state index in [1.54, 1.807) is 4.68 Å². The van der Waals surface area contributed by atoms with Crippen molar-refractivity contribution in [3.8, 4) is 0 Å². The van der Waals surface area contributed by atoms with Crippen LogP contribution in [0.15, 0.2) is 30.3 Å². The first-order valence-corrected chi connectivity index (χ1v) is 9.12. The fraction of sp³-hybridized carbons (Fsp3) is 0.500. The second-order valence-electron chi connectivity index (χ2n) is 6.99. The minimum Gasteiger partial charge on any atom is -0.350 e. The van der Waals surface area contributed by atoms with E-state index in [0.717, 1.165) is 30.9 Å². The summed E-state index contributed by atoms with van der Waals surface area (Å²) in [5.41, 5.74) is 3.76. The third kappa shape index (κ3) is 4.10. The van der Waals surface area contributed by atoms with E-state index in [0.29, 0.717) is 18.2 Å². The summed E-state index contributed by atoms with van der Waals surface area (Å²) in [5.74, 6) is -0.00617. The molecule has 0 unspecified atom stereocenters. The quantitative estimate of drug-likeness (QED) is 0.910. The van der Waals surface area contributed by atoms with E-state index in [2.05, 4.69) is 45.6 Å². The van der Waals surface area contributed by atoms with Gasteiger partial charge in [-0.05, 0) is 38.8 Å². The highest BCUT2D eigenvalue weighted by atomic mass is 16.1. The van der Waals surface area contributed by atoms with Gasteiger partial charge < -0.3 is 5.32 Å². The second kappa shape index (κ2) is 7.83. The van der Waals surface area contributed by atoms with E-state index in [9.17, 15) is 4.79 Å². The van der Waals surface area contributed by atoms with E-state index >= 15 is 0 Å². The Morgan fingerprint density at radius 1 is 1.24 bits per heavy atom. The number of hydrogen-bond donors (Lipinski definition) is 1. The van der Waals surface area contributed by atoms with Crippen LogP contribution in [0.25, 0.3) is 0 Å². The lowest BCUT2D eigenvalue weighted by molar-refractivity contribution is 0.0906. The maximum atomic E-state index is 12.6. The Hall–Kier alpha value is -2.14. The molecular weight excluding hydrogens is 312 g/mol. The minimum atomic E-state index is -0.00617. The molecule has 1 saturated heterocycles. The summed E-state index contributed by atoms with van der Waals surface area (Å²) in [6.45, 7) is 6.58. The zero-order chi connectivity index (χ0) is 17.8. The number of carbonyl (C=O) groups is 1. The van der Waals surface area contributed by atoms with Gasteiger partial charge in [-0.2, -0.15) is 5.10 Å². The van der Waals surface area contributed by atoms with E-state index in [4.69, 9.17) is 0 Å². The molecule has 1 N–H and O–H groups in total. The van der Waals surface area contributed by atoms with Crippen LogP contribution in [0.2, 0.25) is 0 Å². The number of benzene rings is 1. The molecule has 1 amide bonds. The Morgan fingerprint density at radius 3 is 2.68 bits per heavy atom. The van der Waals surface area contributed by atoms with Gasteiger partial charge in [-0.25, -0.2) is 0 Å². The van der Waals surface area contributed by atoms with E-state index < -0.39 is 0 Å². The third-order valence-electron chi connectivity index (χ3n) is 5.21. The lowest BCUT2D eigenvalue weighted by Crippen LogP contribution is -2.46. The molecule has 134 valence electrons. The van der Waals surface area contributed by atoms with Crippen LogP contribution in [0, 0.1) is 13.8 Å². The monoisotopic (exact) mass is 340 g/mol. The zero-order valence-electron chi connectivity index (χ0n) is 15.5. The van der Waals surface area contributed by atoms with Crippen molar-refractivity contribution < 1.29 is 4.79 Å². The normalized spacial score (nSPS) is 18.3. The van der Waals surface area contributed by atoms with Gasteiger partial charge in [-0.3, -0.25) is 14.4 Å². The van der Waals surface area contributed by atoms with Crippen LogP contribution in [0.3, 0.4) is 0 Å². The van der Waals surface area contributed by atoms with Gasteiger partial charge in [-0.1, -0.05) is 36.8 Å². The maximum absolute atomic E-state index is 12.6. The molecule has 1 aromatic carbocycles. The first kappa shape index (κ1) is 17.7. The molecule has 1 aromatic heterocycles. The van der Waals surface area contributed by atoms with Gasteiger partial charge in [-0.15, -0.1) is 0 Å². The van der Waals surface area contributed by atoms with Crippen LogP contribution in [0.1, 0.15) is 46.6 Å². The Kier molecular flexibility index (Phi) is 5.53. The number of amides is 1. The zero-order valence-corrected chi connectivity index (χ0v) is 15.5. The number of nitrogens with zero attached hydrogens (tertiary/aromatic N) is 3. The van der Waals surface area contributed by atoms with Crippen molar-refractivity contribution in [2.24, 2.45) is 7.05 Å². The number of likely N-dealkylation sites (tertiary alicyclic amines) is 1. The predicted octanol–water partition coefficient (Wildman–Crippen LogP) is 2.82. The Labute approximate surface area is 150 Å². The predicted molar refractivity (Wildman–Crippen MR) is 99.5 cm³/mol. The molecule has 0 spiro atoms. The number of aryl methyl sites for hydroxylation is 2. The molecule has 5 heteroatoms. The number of piperidine rings is 1. The Balaban J connectivity index is 1.63. The lowest BCUT2D eigenvalue weighted by atomic mass is 10.0. The first-order valence-electron chi connectivity index (χ1n) is 9.12. The van der Waals surface area contributed by atoms with Crippen LogP contribution >= 0.6 is 0 Å². The summed E-state index contributed by atoms with van der Waals surface area (Å²) in [7, 11) is 1.88. The summed E-state index contributed by atoms with van der Waals surface area (Å²) in [5, 5.41) is 7.49. The molecule has 3 rings (SSSR count). The number of rotatable bonds is 5. The standard InChI is InChI=1S/C20H28N4O/c1-15-19(16(2)23(3)22-15)20(25)21-13-18-11-7-8-12-24(18)14-17-9-5-4-6-10-17/h4-6,9-10,18H,7-8,11-14H2,1-3H3,(H,21,25)/t18-/m1/s1. The summed E-state index contributed by atoms with van der Waals surface area (Å²) in [6, 6.07) is 11.0. The molecule has 5 nitrogen and oxygen atoms in total. The molecule has 0 radical (unpaired) electrons. The number of aromatic nitrogens is 2. The van der Waals surface area contributed by atoms with Crippen molar-refractivity contribution in [2.75, 3.05) is 13.1 Å². The van der Waals surface area contributed by atoms with Crippen LogP contribution < -0.4 is 5.32 Å². The highest BCUT2D eigenvalue weighted by molar-refractivity contribution is 5.96. The SMILES string of the molecule is Cc1nn(C)c(C)c1C(=O)NC[C@H]1CCCCN1Cc1ccccc1. The highest BCUT2D eigenvalue weighted by Gasteiger charge is 2.24. The molecule has 2 aromatic rings. The summed E-state index contributed by atoms with van der Waals surface area (Å²) < 4.78 is 1.77. The lowest BCUT2D eigenvalue weighted by Gasteiger charge is -2.36. The van der Waals surface area contributed by atoms with E-state index in [-0.39, 0.29) is 5.91 Å². The number of carbonyl (C=O) groups excluding carboxylic acids is 1. The Bertz CT molecular complexity index is 723. The summed E-state index contributed by atoms with van der Waals surface area (Å²) >= 11 is 0. The first-order chi connectivity index (χ1) is 12.1. The van der Waals surface area contributed by atoms with Crippen molar-refractivity contribution in [3.63, 3.8) is 0 Å². The molecule has 25 heavy (non-hydrogen) atoms.